The molecule has 0 aromatic heterocycles. The van der Waals surface area contributed by atoms with Crippen molar-refractivity contribution in [1.82, 2.24) is 0 Å². The van der Waals surface area contributed by atoms with Crippen molar-refractivity contribution < 1.29 is 23.0 Å². The number of benzene rings is 1. The molecule has 1 unspecified atom stereocenters. The molecule has 142 valence electrons. The zero-order chi connectivity index (χ0) is 18.9. The van der Waals surface area contributed by atoms with Crippen LogP contribution in [-0.2, 0) is 24.9 Å². The summed E-state index contributed by atoms with van der Waals surface area (Å²) in [6.07, 6.45) is 0.184. The normalized spacial score (nSPS) is 18.3. The molecule has 0 saturated carbocycles. The first-order valence-corrected chi connectivity index (χ1v) is 14.0. The van der Waals surface area contributed by atoms with E-state index in [2.05, 4.69) is 39.9 Å². The fourth-order valence-corrected chi connectivity index (χ4v) is 3.24. The second kappa shape index (κ2) is 7.53. The summed E-state index contributed by atoms with van der Waals surface area (Å²) in [4.78, 5) is 0. The van der Waals surface area contributed by atoms with Gasteiger partial charge in [0, 0.05) is 18.9 Å². The average molecular weight is 387 g/mol. The highest BCUT2D eigenvalue weighted by atomic mass is 31.2. The maximum absolute atomic E-state index is 11.7. The summed E-state index contributed by atoms with van der Waals surface area (Å²) < 4.78 is 34.4. The van der Waals surface area contributed by atoms with Crippen LogP contribution >= 0.6 is 7.37 Å². The number of ether oxygens (including phenoxy) is 2. The summed E-state index contributed by atoms with van der Waals surface area (Å²) in [5.74, 6) is 0.705. The van der Waals surface area contributed by atoms with Gasteiger partial charge in [0.15, 0.2) is 22.5 Å². The number of hydrogen-bond donors (Lipinski definition) is 0. The van der Waals surface area contributed by atoms with Gasteiger partial charge in [-0.2, -0.15) is 0 Å². The fraction of sp³-hybridized carbons (Fsp3) is 0.667. The van der Waals surface area contributed by atoms with Gasteiger partial charge >= 0.3 is 0 Å². The molecule has 2 rings (SSSR count). The minimum atomic E-state index is -2.57. The third-order valence-electron chi connectivity index (χ3n) is 4.76. The van der Waals surface area contributed by atoms with Gasteiger partial charge in [0.05, 0.1) is 13.2 Å². The standard InChI is InChI=1S/C18H31O5PSi/c1-18(2,3)25(6,7)23-11-15-10-14(17-12-20-17)8-9-16(15)21-13-22-24(4,5)19/h8-10,17H,11-13H2,1-7H3. The summed E-state index contributed by atoms with van der Waals surface area (Å²) in [6, 6.07) is 6.00. The van der Waals surface area contributed by atoms with E-state index in [0.29, 0.717) is 12.4 Å². The van der Waals surface area contributed by atoms with E-state index in [1.165, 1.54) is 0 Å². The molecular formula is C18H31O5PSi. The van der Waals surface area contributed by atoms with Crippen LogP contribution in [0, 0.1) is 0 Å². The molecule has 0 aliphatic carbocycles. The van der Waals surface area contributed by atoms with Crippen LogP contribution in [-0.4, -0.2) is 35.0 Å². The van der Waals surface area contributed by atoms with Gasteiger partial charge < -0.3 is 13.9 Å². The van der Waals surface area contributed by atoms with Crippen LogP contribution in [0.3, 0.4) is 0 Å². The van der Waals surface area contributed by atoms with Crippen molar-refractivity contribution in [3.63, 3.8) is 0 Å². The Hall–Kier alpha value is -0.653. The molecule has 1 atom stereocenters. The van der Waals surface area contributed by atoms with E-state index in [1.807, 2.05) is 12.1 Å². The molecule has 1 saturated heterocycles. The molecule has 0 bridgehead atoms. The first kappa shape index (κ1) is 20.7. The lowest BCUT2D eigenvalue weighted by molar-refractivity contribution is 0.121. The van der Waals surface area contributed by atoms with E-state index in [4.69, 9.17) is 18.4 Å². The van der Waals surface area contributed by atoms with Crippen molar-refractivity contribution in [3.05, 3.63) is 29.3 Å². The molecule has 1 aliphatic rings. The van der Waals surface area contributed by atoms with E-state index in [-0.39, 0.29) is 17.9 Å². The molecule has 5 nitrogen and oxygen atoms in total. The van der Waals surface area contributed by atoms with Gasteiger partial charge in [-0.3, -0.25) is 9.09 Å². The van der Waals surface area contributed by atoms with Crippen molar-refractivity contribution in [2.45, 2.75) is 51.6 Å². The molecule has 1 aliphatic heterocycles. The van der Waals surface area contributed by atoms with Crippen LogP contribution in [0.4, 0.5) is 0 Å². The van der Waals surface area contributed by atoms with E-state index in [9.17, 15) is 4.57 Å². The molecule has 0 amide bonds. The summed E-state index contributed by atoms with van der Waals surface area (Å²) >= 11 is 0. The summed E-state index contributed by atoms with van der Waals surface area (Å²) in [5.41, 5.74) is 2.11. The van der Waals surface area contributed by atoms with Crippen molar-refractivity contribution in [2.75, 3.05) is 26.7 Å². The quantitative estimate of drug-likeness (QED) is 0.267. The van der Waals surface area contributed by atoms with Crippen molar-refractivity contribution in [2.24, 2.45) is 0 Å². The summed E-state index contributed by atoms with van der Waals surface area (Å²) in [7, 11) is -4.43. The Balaban J connectivity index is 2.12. The molecule has 0 spiro atoms. The van der Waals surface area contributed by atoms with Crippen LogP contribution < -0.4 is 4.74 Å². The van der Waals surface area contributed by atoms with E-state index in [0.717, 1.165) is 17.7 Å². The van der Waals surface area contributed by atoms with Crippen molar-refractivity contribution in [1.29, 1.82) is 0 Å². The molecule has 0 N–H and O–H groups in total. The van der Waals surface area contributed by atoms with Gasteiger partial charge in [0.25, 0.3) is 0 Å². The van der Waals surface area contributed by atoms with Crippen molar-refractivity contribution in [3.8, 4) is 5.75 Å². The third-order valence-corrected chi connectivity index (χ3v) is 9.97. The van der Waals surface area contributed by atoms with Gasteiger partial charge in [-0.1, -0.05) is 26.8 Å². The second-order valence-corrected chi connectivity index (χ2v) is 16.0. The van der Waals surface area contributed by atoms with E-state index >= 15 is 0 Å². The first-order chi connectivity index (χ1) is 11.4. The number of hydrogen-bond acceptors (Lipinski definition) is 5. The van der Waals surface area contributed by atoms with Crippen LogP contribution in [0.15, 0.2) is 18.2 Å². The predicted octanol–water partition coefficient (Wildman–Crippen LogP) is 5.17. The van der Waals surface area contributed by atoms with Gasteiger partial charge in [-0.15, -0.1) is 0 Å². The lowest BCUT2D eigenvalue weighted by atomic mass is 10.1. The highest BCUT2D eigenvalue weighted by Gasteiger charge is 2.37. The minimum Gasteiger partial charge on any atom is -0.467 e. The molecule has 1 aromatic carbocycles. The first-order valence-electron chi connectivity index (χ1n) is 8.60. The highest BCUT2D eigenvalue weighted by Crippen LogP contribution is 2.39. The largest absolute Gasteiger partial charge is 0.467 e. The zero-order valence-electron chi connectivity index (χ0n) is 16.4. The molecule has 1 heterocycles. The monoisotopic (exact) mass is 386 g/mol. The summed E-state index contributed by atoms with van der Waals surface area (Å²) in [5, 5.41) is 0.144. The number of rotatable bonds is 8. The SMILES string of the molecule is CC(C)(C)[Si](C)(C)OCc1cc(C2CO2)ccc1OCOP(C)(C)=O. The van der Waals surface area contributed by atoms with Crippen LogP contribution in [0.1, 0.15) is 38.0 Å². The average Bonchev–Trinajstić information content (AvgIpc) is 3.28. The Kier molecular flexibility index (Phi) is 6.22. The molecule has 25 heavy (non-hydrogen) atoms. The summed E-state index contributed by atoms with van der Waals surface area (Å²) in [6.45, 7) is 15.5. The molecule has 1 fully saturated rings. The van der Waals surface area contributed by atoms with Crippen molar-refractivity contribution >= 4 is 15.7 Å². The van der Waals surface area contributed by atoms with Gasteiger partial charge in [0.1, 0.15) is 11.9 Å². The van der Waals surface area contributed by atoms with E-state index in [1.54, 1.807) is 13.3 Å². The van der Waals surface area contributed by atoms with Crippen LogP contribution in [0.2, 0.25) is 18.1 Å². The predicted molar refractivity (Wildman–Crippen MR) is 103 cm³/mol. The van der Waals surface area contributed by atoms with Gasteiger partial charge in [0.2, 0.25) is 0 Å². The molecule has 1 aromatic rings. The van der Waals surface area contributed by atoms with Crippen LogP contribution in [0.25, 0.3) is 0 Å². The van der Waals surface area contributed by atoms with Gasteiger partial charge in [-0.25, -0.2) is 0 Å². The molecular weight excluding hydrogens is 355 g/mol. The maximum Gasteiger partial charge on any atom is 0.200 e. The third kappa shape index (κ3) is 6.22. The Morgan fingerprint density at radius 3 is 2.44 bits per heavy atom. The number of epoxide rings is 1. The highest BCUT2D eigenvalue weighted by molar-refractivity contribution is 7.57. The Morgan fingerprint density at radius 2 is 1.92 bits per heavy atom. The Labute approximate surface area is 152 Å². The zero-order valence-corrected chi connectivity index (χ0v) is 18.3. The topological polar surface area (TPSA) is 57.3 Å². The smallest absolute Gasteiger partial charge is 0.200 e. The maximum atomic E-state index is 11.7. The van der Waals surface area contributed by atoms with Gasteiger partial charge in [-0.05, 0) is 35.8 Å². The fourth-order valence-electron chi connectivity index (χ4n) is 1.99. The molecule has 7 heteroatoms. The lowest BCUT2D eigenvalue weighted by Crippen LogP contribution is -2.40. The van der Waals surface area contributed by atoms with Crippen LogP contribution in [0.5, 0.6) is 5.75 Å². The minimum absolute atomic E-state index is 0.0311. The molecule has 0 radical (unpaired) electrons. The second-order valence-electron chi connectivity index (χ2n) is 8.38. The lowest BCUT2D eigenvalue weighted by Gasteiger charge is -2.36. The van der Waals surface area contributed by atoms with E-state index < -0.39 is 15.7 Å². The Bertz CT molecular complexity index is 643. The Morgan fingerprint density at radius 1 is 1.28 bits per heavy atom.